The molecule has 0 unspecified atom stereocenters. The number of benzene rings is 1. The van der Waals surface area contributed by atoms with Crippen LogP contribution in [0.5, 0.6) is 5.75 Å². The molecule has 2 N–H and O–H groups in total. The first kappa shape index (κ1) is 12.1. The first-order valence-corrected chi connectivity index (χ1v) is 6.30. The van der Waals surface area contributed by atoms with E-state index in [2.05, 4.69) is 32.6 Å². The lowest BCUT2D eigenvalue weighted by molar-refractivity contribution is 0.341. The average Bonchev–Trinajstić information content (AvgIpc) is 2.34. The van der Waals surface area contributed by atoms with Crippen molar-refractivity contribution in [3.05, 3.63) is 34.0 Å². The van der Waals surface area contributed by atoms with Crippen molar-refractivity contribution in [3.63, 3.8) is 0 Å². The van der Waals surface area contributed by atoms with Crippen LogP contribution in [0.15, 0.2) is 30.5 Å². The Kier molecular flexibility index (Phi) is 3.78. The summed E-state index contributed by atoms with van der Waals surface area (Å²) < 4.78 is 6.39. The van der Waals surface area contributed by atoms with Gasteiger partial charge in [-0.05, 0) is 41.6 Å². The van der Waals surface area contributed by atoms with Crippen molar-refractivity contribution >= 4 is 28.4 Å². The molecule has 2 aromatic rings. The van der Waals surface area contributed by atoms with Crippen LogP contribution in [-0.2, 0) is 0 Å². The van der Waals surface area contributed by atoms with E-state index in [1.807, 2.05) is 31.2 Å². The first-order chi connectivity index (χ1) is 8.22. The molecule has 0 fully saturated rings. The summed E-state index contributed by atoms with van der Waals surface area (Å²) in [4.78, 5) is 8.54. The maximum Gasteiger partial charge on any atom is 0.165 e. The summed E-state index contributed by atoms with van der Waals surface area (Å²) in [5.41, 5.74) is 6.64. The third-order valence-corrected chi connectivity index (χ3v) is 3.03. The predicted molar refractivity (Wildman–Crippen MR) is 75.8 cm³/mol. The molecule has 0 saturated heterocycles. The van der Waals surface area contributed by atoms with E-state index in [0.717, 1.165) is 14.9 Å². The van der Waals surface area contributed by atoms with Crippen molar-refractivity contribution in [2.45, 2.75) is 6.92 Å². The molecule has 5 heteroatoms. The molecule has 0 aliphatic rings. The van der Waals surface area contributed by atoms with Gasteiger partial charge in [0.25, 0.3) is 0 Å². The Labute approximate surface area is 113 Å². The van der Waals surface area contributed by atoms with Crippen LogP contribution in [0.1, 0.15) is 6.92 Å². The third kappa shape index (κ3) is 2.66. The van der Waals surface area contributed by atoms with Gasteiger partial charge in [0.2, 0.25) is 0 Å². The van der Waals surface area contributed by atoms with E-state index in [4.69, 9.17) is 10.5 Å². The summed E-state index contributed by atoms with van der Waals surface area (Å²) in [5, 5.41) is 0. The van der Waals surface area contributed by atoms with Crippen molar-refractivity contribution in [1.29, 1.82) is 0 Å². The van der Waals surface area contributed by atoms with Gasteiger partial charge in [0.1, 0.15) is 11.6 Å². The van der Waals surface area contributed by atoms with Gasteiger partial charge in [-0.1, -0.05) is 12.1 Å². The van der Waals surface area contributed by atoms with E-state index in [1.54, 1.807) is 6.20 Å². The second kappa shape index (κ2) is 5.31. The lowest BCUT2D eigenvalue weighted by atomic mass is 10.2. The van der Waals surface area contributed by atoms with Gasteiger partial charge in [0, 0.05) is 6.20 Å². The molecule has 1 heterocycles. The minimum absolute atomic E-state index is 0.488. The van der Waals surface area contributed by atoms with Crippen LogP contribution in [-0.4, -0.2) is 16.6 Å². The van der Waals surface area contributed by atoms with Gasteiger partial charge in [0.05, 0.1) is 15.7 Å². The molecular weight excluding hydrogens is 329 g/mol. The van der Waals surface area contributed by atoms with Crippen molar-refractivity contribution in [2.75, 3.05) is 12.3 Å². The van der Waals surface area contributed by atoms with Crippen LogP contribution in [0.3, 0.4) is 0 Å². The average molecular weight is 341 g/mol. The van der Waals surface area contributed by atoms with Crippen LogP contribution >= 0.6 is 22.6 Å². The minimum atomic E-state index is 0.488. The molecule has 0 saturated carbocycles. The molecule has 0 spiro atoms. The molecule has 0 bridgehead atoms. The lowest BCUT2D eigenvalue weighted by Gasteiger charge is -2.09. The number of hydrogen-bond acceptors (Lipinski definition) is 4. The van der Waals surface area contributed by atoms with Crippen molar-refractivity contribution in [3.8, 4) is 17.1 Å². The molecule has 0 atom stereocenters. The highest BCUT2D eigenvalue weighted by Crippen LogP contribution is 2.28. The molecule has 0 aliphatic carbocycles. The number of halogens is 1. The molecule has 1 aromatic carbocycles. The minimum Gasteiger partial charge on any atom is -0.493 e. The summed E-state index contributed by atoms with van der Waals surface area (Å²) in [6.07, 6.45) is 1.71. The largest absolute Gasteiger partial charge is 0.493 e. The second-order valence-corrected chi connectivity index (χ2v) is 4.52. The van der Waals surface area contributed by atoms with Crippen molar-refractivity contribution < 1.29 is 4.74 Å². The monoisotopic (exact) mass is 341 g/mol. The van der Waals surface area contributed by atoms with E-state index < -0.39 is 0 Å². The van der Waals surface area contributed by atoms with E-state index in [1.165, 1.54) is 0 Å². The van der Waals surface area contributed by atoms with E-state index in [-0.39, 0.29) is 0 Å². The molecule has 17 heavy (non-hydrogen) atoms. The topological polar surface area (TPSA) is 61.0 Å². The zero-order valence-corrected chi connectivity index (χ0v) is 11.5. The van der Waals surface area contributed by atoms with Gasteiger partial charge in [0.15, 0.2) is 5.82 Å². The molecule has 0 radical (unpaired) electrons. The molecule has 2 rings (SSSR count). The Morgan fingerprint density at radius 2 is 2.12 bits per heavy atom. The van der Waals surface area contributed by atoms with Crippen LogP contribution in [0.25, 0.3) is 11.4 Å². The Hall–Kier alpha value is -1.37. The number of para-hydroxylation sites is 1. The zero-order valence-electron chi connectivity index (χ0n) is 9.35. The van der Waals surface area contributed by atoms with Gasteiger partial charge < -0.3 is 10.5 Å². The number of hydrogen-bond donors (Lipinski definition) is 1. The SMILES string of the molecule is CCOc1ccccc1-c1ncc(I)c(N)n1. The smallest absolute Gasteiger partial charge is 0.165 e. The lowest BCUT2D eigenvalue weighted by Crippen LogP contribution is -2.00. The molecule has 0 aliphatic heterocycles. The summed E-state index contributed by atoms with van der Waals surface area (Å²) in [5.74, 6) is 1.85. The number of aromatic nitrogens is 2. The number of nitrogens with two attached hydrogens (primary N) is 1. The van der Waals surface area contributed by atoms with Gasteiger partial charge in [-0.15, -0.1) is 0 Å². The van der Waals surface area contributed by atoms with Gasteiger partial charge in [-0.2, -0.15) is 0 Å². The highest BCUT2D eigenvalue weighted by molar-refractivity contribution is 14.1. The Bertz CT molecular complexity index is 531. The van der Waals surface area contributed by atoms with Crippen molar-refractivity contribution in [2.24, 2.45) is 0 Å². The molecule has 88 valence electrons. The van der Waals surface area contributed by atoms with Gasteiger partial charge >= 0.3 is 0 Å². The number of nitrogens with zero attached hydrogens (tertiary/aromatic N) is 2. The van der Waals surface area contributed by atoms with Crippen LogP contribution in [0, 0.1) is 3.57 Å². The van der Waals surface area contributed by atoms with Crippen LogP contribution < -0.4 is 10.5 Å². The predicted octanol–water partition coefficient (Wildman–Crippen LogP) is 2.73. The molecule has 4 nitrogen and oxygen atoms in total. The molecular formula is C12H12IN3O. The highest BCUT2D eigenvalue weighted by atomic mass is 127. The zero-order chi connectivity index (χ0) is 12.3. The van der Waals surface area contributed by atoms with Crippen molar-refractivity contribution in [1.82, 2.24) is 9.97 Å². The molecule has 0 amide bonds. The van der Waals surface area contributed by atoms with Crippen LogP contribution in [0.4, 0.5) is 5.82 Å². The number of rotatable bonds is 3. The third-order valence-electron chi connectivity index (χ3n) is 2.20. The standard InChI is InChI=1S/C12H12IN3O/c1-2-17-10-6-4-3-5-8(10)12-15-7-9(13)11(14)16-12/h3-7H,2H2,1H3,(H2,14,15,16). The summed E-state index contributed by atoms with van der Waals surface area (Å²) in [6.45, 7) is 2.55. The normalized spacial score (nSPS) is 10.2. The second-order valence-electron chi connectivity index (χ2n) is 3.36. The maximum atomic E-state index is 5.78. The number of nitrogen functional groups attached to an aromatic ring is 1. The Balaban J connectivity index is 2.48. The van der Waals surface area contributed by atoms with Gasteiger partial charge in [-0.25, -0.2) is 9.97 Å². The number of ether oxygens (including phenoxy) is 1. The Morgan fingerprint density at radius 1 is 1.35 bits per heavy atom. The quantitative estimate of drug-likeness (QED) is 0.872. The van der Waals surface area contributed by atoms with E-state index >= 15 is 0 Å². The summed E-state index contributed by atoms with van der Waals surface area (Å²) in [6, 6.07) is 7.67. The summed E-state index contributed by atoms with van der Waals surface area (Å²) in [7, 11) is 0. The number of anilines is 1. The van der Waals surface area contributed by atoms with Crippen LogP contribution in [0.2, 0.25) is 0 Å². The van der Waals surface area contributed by atoms with Gasteiger partial charge in [-0.3, -0.25) is 0 Å². The summed E-state index contributed by atoms with van der Waals surface area (Å²) >= 11 is 2.10. The fourth-order valence-corrected chi connectivity index (χ4v) is 1.70. The fraction of sp³-hybridized carbons (Fsp3) is 0.167. The van der Waals surface area contributed by atoms with E-state index in [9.17, 15) is 0 Å². The maximum absolute atomic E-state index is 5.78. The first-order valence-electron chi connectivity index (χ1n) is 5.22. The molecule has 1 aromatic heterocycles. The Morgan fingerprint density at radius 3 is 2.82 bits per heavy atom. The highest BCUT2D eigenvalue weighted by Gasteiger charge is 2.09. The fourth-order valence-electron chi connectivity index (χ4n) is 1.44. The van der Waals surface area contributed by atoms with E-state index in [0.29, 0.717) is 18.2 Å².